The van der Waals surface area contributed by atoms with Crippen LogP contribution in [0.1, 0.15) is 19.4 Å². The van der Waals surface area contributed by atoms with Gasteiger partial charge in [-0.2, -0.15) is 0 Å². The number of benzene rings is 1. The molecule has 0 aromatic heterocycles. The number of carbonyl (C=O) groups is 2. The topological polar surface area (TPSA) is 58.2 Å². The van der Waals surface area contributed by atoms with Gasteiger partial charge in [0, 0.05) is 16.8 Å². The monoisotopic (exact) mass is 254 g/mol. The van der Waals surface area contributed by atoms with E-state index in [0.29, 0.717) is 10.7 Å². The quantitative estimate of drug-likeness (QED) is 0.795. The molecule has 1 aromatic carbocycles. The second-order valence-corrected chi connectivity index (χ2v) is 4.40. The van der Waals surface area contributed by atoms with Crippen LogP contribution in [0.25, 0.3) is 0 Å². The summed E-state index contributed by atoms with van der Waals surface area (Å²) >= 11 is 5.91. The Morgan fingerprint density at radius 1 is 1.24 bits per heavy atom. The van der Waals surface area contributed by atoms with E-state index in [4.69, 9.17) is 11.6 Å². The maximum Gasteiger partial charge on any atom is 0.313 e. The Labute approximate surface area is 105 Å². The van der Waals surface area contributed by atoms with Crippen LogP contribution in [0.3, 0.4) is 0 Å². The Morgan fingerprint density at radius 3 is 2.47 bits per heavy atom. The molecule has 5 heteroatoms. The first kappa shape index (κ1) is 13.5. The molecule has 17 heavy (non-hydrogen) atoms. The van der Waals surface area contributed by atoms with Gasteiger partial charge in [0.25, 0.3) is 0 Å². The minimum absolute atomic E-state index is 0.0753. The molecule has 0 radical (unpaired) electrons. The first-order valence-corrected chi connectivity index (χ1v) is 5.66. The molecule has 1 aromatic rings. The number of amides is 2. The highest BCUT2D eigenvalue weighted by atomic mass is 35.5. The summed E-state index contributed by atoms with van der Waals surface area (Å²) < 4.78 is 0. The molecular formula is C12H15ClN2O2. The minimum atomic E-state index is -0.691. The molecule has 0 atom stereocenters. The maximum atomic E-state index is 11.5. The van der Waals surface area contributed by atoms with Gasteiger partial charge in [-0.3, -0.25) is 9.59 Å². The smallest absolute Gasteiger partial charge is 0.313 e. The lowest BCUT2D eigenvalue weighted by atomic mass is 10.2. The summed E-state index contributed by atoms with van der Waals surface area (Å²) in [4.78, 5) is 22.9. The largest absolute Gasteiger partial charge is 0.346 e. The van der Waals surface area contributed by atoms with Gasteiger partial charge >= 0.3 is 11.8 Å². The molecule has 0 heterocycles. The highest BCUT2D eigenvalue weighted by molar-refractivity contribution is 6.40. The van der Waals surface area contributed by atoms with Gasteiger partial charge in [0.05, 0.1) is 0 Å². The molecule has 0 spiro atoms. The van der Waals surface area contributed by atoms with Crippen molar-refractivity contribution in [1.29, 1.82) is 0 Å². The molecule has 4 nitrogen and oxygen atoms in total. The van der Waals surface area contributed by atoms with Gasteiger partial charge in [0.2, 0.25) is 0 Å². The van der Waals surface area contributed by atoms with Crippen LogP contribution in [0, 0.1) is 6.92 Å². The van der Waals surface area contributed by atoms with Gasteiger partial charge < -0.3 is 10.6 Å². The number of hydrogen-bond acceptors (Lipinski definition) is 2. The third-order valence-corrected chi connectivity index (χ3v) is 2.55. The highest BCUT2D eigenvalue weighted by Gasteiger charge is 2.15. The highest BCUT2D eigenvalue weighted by Crippen LogP contribution is 2.22. The number of halogens is 1. The third-order valence-electron chi connectivity index (χ3n) is 2.14. The molecule has 92 valence electrons. The fourth-order valence-electron chi connectivity index (χ4n) is 1.25. The van der Waals surface area contributed by atoms with E-state index < -0.39 is 11.8 Å². The van der Waals surface area contributed by atoms with Crippen molar-refractivity contribution >= 4 is 29.1 Å². The molecule has 0 bridgehead atoms. The van der Waals surface area contributed by atoms with Gasteiger partial charge in [0.1, 0.15) is 0 Å². The Morgan fingerprint density at radius 2 is 1.88 bits per heavy atom. The van der Waals surface area contributed by atoms with Gasteiger partial charge in [-0.1, -0.05) is 17.7 Å². The van der Waals surface area contributed by atoms with Crippen LogP contribution in [0.2, 0.25) is 5.02 Å². The van der Waals surface area contributed by atoms with Crippen molar-refractivity contribution in [1.82, 2.24) is 5.32 Å². The number of anilines is 1. The zero-order valence-electron chi connectivity index (χ0n) is 10.0. The van der Waals surface area contributed by atoms with E-state index in [-0.39, 0.29) is 6.04 Å². The molecule has 2 amide bonds. The van der Waals surface area contributed by atoms with Crippen molar-refractivity contribution < 1.29 is 9.59 Å². The fraction of sp³-hybridized carbons (Fsp3) is 0.333. The lowest BCUT2D eigenvalue weighted by molar-refractivity contribution is -0.136. The summed E-state index contributed by atoms with van der Waals surface area (Å²) in [7, 11) is 0. The molecule has 0 aliphatic heterocycles. The van der Waals surface area contributed by atoms with Gasteiger partial charge in [0.15, 0.2) is 0 Å². The molecule has 0 unspecified atom stereocenters. The number of carbonyl (C=O) groups excluding carboxylic acids is 2. The van der Waals surface area contributed by atoms with Crippen LogP contribution in [0.4, 0.5) is 5.69 Å². The average Bonchev–Trinajstić information content (AvgIpc) is 2.23. The molecule has 1 rings (SSSR count). The first-order valence-electron chi connectivity index (χ1n) is 5.28. The van der Waals surface area contributed by atoms with Crippen LogP contribution in [0.5, 0.6) is 0 Å². The second kappa shape index (κ2) is 5.68. The third kappa shape index (κ3) is 3.75. The average molecular weight is 255 g/mol. The second-order valence-electron chi connectivity index (χ2n) is 3.99. The zero-order chi connectivity index (χ0) is 13.0. The Hall–Kier alpha value is -1.55. The zero-order valence-corrected chi connectivity index (χ0v) is 10.8. The summed E-state index contributed by atoms with van der Waals surface area (Å²) in [5.74, 6) is -1.34. The standard InChI is InChI=1S/C12H15ClN2O2/c1-7(2)14-11(16)12(17)15-10-6-4-5-9(13)8(10)3/h4-7H,1-3H3,(H,14,16)(H,15,17). The molecular weight excluding hydrogens is 240 g/mol. The van der Waals surface area contributed by atoms with Crippen LogP contribution < -0.4 is 10.6 Å². The first-order chi connectivity index (χ1) is 7.91. The summed E-state index contributed by atoms with van der Waals surface area (Å²) in [5, 5.41) is 5.58. The summed E-state index contributed by atoms with van der Waals surface area (Å²) in [5.41, 5.74) is 1.28. The van der Waals surface area contributed by atoms with Crippen molar-refractivity contribution in [3.8, 4) is 0 Å². The Bertz CT molecular complexity index is 444. The molecule has 0 saturated heterocycles. The molecule has 0 aliphatic carbocycles. The van der Waals surface area contributed by atoms with E-state index in [9.17, 15) is 9.59 Å². The summed E-state index contributed by atoms with van der Waals surface area (Å²) in [6.45, 7) is 5.35. The van der Waals surface area contributed by atoms with Crippen molar-refractivity contribution in [3.05, 3.63) is 28.8 Å². The molecule has 0 aliphatic rings. The predicted molar refractivity (Wildman–Crippen MR) is 68.1 cm³/mol. The fourth-order valence-corrected chi connectivity index (χ4v) is 1.42. The van der Waals surface area contributed by atoms with Crippen LogP contribution in [0.15, 0.2) is 18.2 Å². The lowest BCUT2D eigenvalue weighted by Gasteiger charge is -2.11. The van der Waals surface area contributed by atoms with Gasteiger partial charge in [-0.25, -0.2) is 0 Å². The Kier molecular flexibility index (Phi) is 4.52. The summed E-state index contributed by atoms with van der Waals surface area (Å²) in [6, 6.07) is 5.06. The SMILES string of the molecule is Cc1c(Cl)cccc1NC(=O)C(=O)NC(C)C. The van der Waals surface area contributed by atoms with E-state index in [2.05, 4.69) is 10.6 Å². The predicted octanol–water partition coefficient (Wildman–Crippen LogP) is 2.11. The normalized spacial score (nSPS) is 10.2. The van der Waals surface area contributed by atoms with E-state index in [1.165, 1.54) is 0 Å². The van der Waals surface area contributed by atoms with E-state index in [0.717, 1.165) is 5.56 Å². The van der Waals surface area contributed by atoms with Crippen molar-refractivity contribution in [2.45, 2.75) is 26.8 Å². The number of nitrogens with one attached hydrogen (secondary N) is 2. The van der Waals surface area contributed by atoms with E-state index in [1.807, 2.05) is 0 Å². The molecule has 2 N–H and O–H groups in total. The van der Waals surface area contributed by atoms with Crippen LogP contribution in [-0.4, -0.2) is 17.9 Å². The van der Waals surface area contributed by atoms with Crippen molar-refractivity contribution in [3.63, 3.8) is 0 Å². The van der Waals surface area contributed by atoms with Gasteiger partial charge in [-0.15, -0.1) is 0 Å². The maximum absolute atomic E-state index is 11.5. The Balaban J connectivity index is 2.75. The van der Waals surface area contributed by atoms with Crippen molar-refractivity contribution in [2.75, 3.05) is 5.32 Å². The summed E-state index contributed by atoms with van der Waals surface area (Å²) in [6.07, 6.45) is 0. The minimum Gasteiger partial charge on any atom is -0.346 e. The molecule has 0 fully saturated rings. The molecule has 0 saturated carbocycles. The number of hydrogen-bond donors (Lipinski definition) is 2. The van der Waals surface area contributed by atoms with Gasteiger partial charge in [-0.05, 0) is 38.5 Å². The van der Waals surface area contributed by atoms with Crippen molar-refractivity contribution in [2.24, 2.45) is 0 Å². The van der Waals surface area contributed by atoms with E-state index in [1.54, 1.807) is 39.0 Å². The van der Waals surface area contributed by atoms with Crippen LogP contribution >= 0.6 is 11.6 Å². The lowest BCUT2D eigenvalue weighted by Crippen LogP contribution is -2.39. The van der Waals surface area contributed by atoms with E-state index >= 15 is 0 Å². The number of rotatable bonds is 2. The van der Waals surface area contributed by atoms with Crippen LogP contribution in [-0.2, 0) is 9.59 Å².